The third-order valence-corrected chi connectivity index (χ3v) is 6.23. The van der Waals surface area contributed by atoms with Crippen LogP contribution < -0.4 is 5.43 Å². The number of thiocarbonyl (C=S) groups is 1. The first-order chi connectivity index (χ1) is 15.7. The van der Waals surface area contributed by atoms with Crippen LogP contribution in [0.25, 0.3) is 17.4 Å². The van der Waals surface area contributed by atoms with Gasteiger partial charge in [0.15, 0.2) is 4.32 Å². The normalized spacial score (nSPS) is 14.7. The van der Waals surface area contributed by atoms with Crippen LogP contribution >= 0.6 is 35.6 Å². The molecule has 0 bridgehead atoms. The van der Waals surface area contributed by atoms with Crippen molar-refractivity contribution in [2.45, 2.75) is 6.92 Å². The van der Waals surface area contributed by atoms with E-state index in [2.05, 4.69) is 5.43 Å². The molecule has 1 saturated heterocycles. The van der Waals surface area contributed by atoms with Crippen LogP contribution in [0.15, 0.2) is 63.9 Å². The molecule has 1 fully saturated rings. The monoisotopic (exact) mass is 499 g/mol. The zero-order valence-electron chi connectivity index (χ0n) is 16.9. The SMILES string of the molecule is Cc1ccc(C(=O)NN2C(=O)/C(=C\c3ccc(-c4cccc([N+](=O)[O-])c4)o3)SC2=S)c(Cl)c1. The molecule has 0 spiro atoms. The number of non-ortho nitro benzene ring substituents is 1. The number of aryl methyl sites for hydroxylation is 1. The number of rotatable bonds is 5. The lowest BCUT2D eigenvalue weighted by atomic mass is 10.1. The third kappa shape index (κ3) is 4.82. The smallest absolute Gasteiger partial charge is 0.285 e. The van der Waals surface area contributed by atoms with E-state index in [0.29, 0.717) is 17.1 Å². The lowest BCUT2D eigenvalue weighted by molar-refractivity contribution is -0.384. The topological polar surface area (TPSA) is 106 Å². The number of benzene rings is 2. The van der Waals surface area contributed by atoms with Crippen molar-refractivity contribution in [2.75, 3.05) is 0 Å². The first-order valence-corrected chi connectivity index (χ1v) is 11.0. The Kier molecular flexibility index (Phi) is 6.32. The largest absolute Gasteiger partial charge is 0.457 e. The number of carbonyl (C=O) groups excluding carboxylic acids is 2. The van der Waals surface area contributed by atoms with Gasteiger partial charge in [0, 0.05) is 23.8 Å². The van der Waals surface area contributed by atoms with Crippen molar-refractivity contribution in [3.05, 3.63) is 91.5 Å². The number of furan rings is 1. The number of hydrogen-bond donors (Lipinski definition) is 1. The fourth-order valence-electron chi connectivity index (χ4n) is 3.02. The van der Waals surface area contributed by atoms with E-state index in [4.69, 9.17) is 28.2 Å². The fourth-order valence-corrected chi connectivity index (χ4v) is 4.50. The molecule has 8 nitrogen and oxygen atoms in total. The maximum Gasteiger partial charge on any atom is 0.285 e. The molecule has 0 unspecified atom stereocenters. The number of thioether (sulfide) groups is 1. The Labute approximate surface area is 202 Å². The van der Waals surface area contributed by atoms with E-state index >= 15 is 0 Å². The molecular weight excluding hydrogens is 486 g/mol. The van der Waals surface area contributed by atoms with E-state index in [1.54, 1.807) is 42.5 Å². The summed E-state index contributed by atoms with van der Waals surface area (Å²) in [4.78, 5) is 36.1. The number of nitro benzene ring substituents is 1. The summed E-state index contributed by atoms with van der Waals surface area (Å²) in [5.41, 5.74) is 4.06. The molecule has 2 aromatic carbocycles. The number of amides is 2. The Morgan fingerprint density at radius 1 is 1.24 bits per heavy atom. The number of carbonyl (C=O) groups is 2. The summed E-state index contributed by atoms with van der Waals surface area (Å²) in [7, 11) is 0. The summed E-state index contributed by atoms with van der Waals surface area (Å²) in [5, 5.41) is 12.2. The van der Waals surface area contributed by atoms with E-state index in [1.165, 1.54) is 18.2 Å². The minimum absolute atomic E-state index is 0.0595. The molecule has 33 heavy (non-hydrogen) atoms. The maximum atomic E-state index is 12.8. The van der Waals surface area contributed by atoms with Crippen LogP contribution in [-0.2, 0) is 4.79 Å². The standard InChI is InChI=1S/C22H14ClN3O5S2/c1-12-5-7-16(17(23)9-12)20(27)24-25-21(28)19(33-22(25)32)11-15-6-8-18(31-15)13-3-2-4-14(10-13)26(29)30/h2-11H,1H3,(H,24,27)/b19-11+. The number of nitrogens with one attached hydrogen (secondary N) is 1. The average molecular weight is 500 g/mol. The molecule has 166 valence electrons. The lowest BCUT2D eigenvalue weighted by Crippen LogP contribution is -2.44. The van der Waals surface area contributed by atoms with Crippen LogP contribution in [0.1, 0.15) is 21.7 Å². The molecule has 0 radical (unpaired) electrons. The van der Waals surface area contributed by atoms with Crippen molar-refractivity contribution in [3.8, 4) is 11.3 Å². The summed E-state index contributed by atoms with van der Waals surface area (Å²) in [6, 6.07) is 14.3. The molecule has 4 rings (SSSR count). The van der Waals surface area contributed by atoms with Gasteiger partial charge in [0.2, 0.25) is 0 Å². The van der Waals surface area contributed by atoms with E-state index in [0.717, 1.165) is 22.3 Å². The second-order valence-corrected chi connectivity index (χ2v) is 9.03. The highest BCUT2D eigenvalue weighted by Crippen LogP contribution is 2.33. The van der Waals surface area contributed by atoms with Crippen molar-refractivity contribution < 1.29 is 18.9 Å². The van der Waals surface area contributed by atoms with Gasteiger partial charge in [-0.3, -0.25) is 25.1 Å². The van der Waals surface area contributed by atoms with Gasteiger partial charge in [-0.15, -0.1) is 0 Å². The van der Waals surface area contributed by atoms with Crippen molar-refractivity contribution in [2.24, 2.45) is 0 Å². The third-order valence-electron chi connectivity index (χ3n) is 4.62. The Morgan fingerprint density at radius 2 is 2.03 bits per heavy atom. The Bertz CT molecular complexity index is 1350. The highest BCUT2D eigenvalue weighted by Gasteiger charge is 2.34. The van der Waals surface area contributed by atoms with Crippen molar-refractivity contribution in [1.82, 2.24) is 10.4 Å². The second-order valence-electron chi connectivity index (χ2n) is 6.95. The highest BCUT2D eigenvalue weighted by molar-refractivity contribution is 8.26. The highest BCUT2D eigenvalue weighted by atomic mass is 35.5. The molecular formula is C22H14ClN3O5S2. The molecule has 1 aliphatic heterocycles. The maximum absolute atomic E-state index is 12.8. The lowest BCUT2D eigenvalue weighted by Gasteiger charge is -2.16. The Morgan fingerprint density at radius 3 is 2.76 bits per heavy atom. The number of nitro groups is 1. The molecule has 0 aliphatic carbocycles. The van der Waals surface area contributed by atoms with Gasteiger partial charge in [0.05, 0.1) is 20.4 Å². The zero-order valence-corrected chi connectivity index (χ0v) is 19.3. The molecule has 2 amide bonds. The van der Waals surface area contributed by atoms with E-state index in [9.17, 15) is 19.7 Å². The van der Waals surface area contributed by atoms with Crippen LogP contribution in [0.2, 0.25) is 5.02 Å². The average Bonchev–Trinajstić information content (AvgIpc) is 3.34. The van der Waals surface area contributed by atoms with E-state index in [1.807, 2.05) is 6.92 Å². The van der Waals surface area contributed by atoms with Crippen LogP contribution in [0.4, 0.5) is 5.69 Å². The first kappa shape index (κ1) is 22.7. The molecule has 0 atom stereocenters. The van der Waals surface area contributed by atoms with Crippen LogP contribution in [0.3, 0.4) is 0 Å². The minimum atomic E-state index is -0.566. The molecule has 3 aromatic rings. The Balaban J connectivity index is 1.52. The molecule has 11 heteroatoms. The van der Waals surface area contributed by atoms with Crippen molar-refractivity contribution in [3.63, 3.8) is 0 Å². The van der Waals surface area contributed by atoms with Crippen molar-refractivity contribution in [1.29, 1.82) is 0 Å². The second kappa shape index (κ2) is 9.18. The van der Waals surface area contributed by atoms with Crippen LogP contribution in [-0.4, -0.2) is 26.1 Å². The molecule has 1 N–H and O–H groups in total. The minimum Gasteiger partial charge on any atom is -0.457 e. The molecule has 1 aliphatic rings. The van der Waals surface area contributed by atoms with Gasteiger partial charge in [-0.05, 0) is 49.0 Å². The van der Waals surface area contributed by atoms with Crippen LogP contribution in [0, 0.1) is 17.0 Å². The predicted molar refractivity (Wildman–Crippen MR) is 129 cm³/mol. The van der Waals surface area contributed by atoms with Gasteiger partial charge in [-0.1, -0.05) is 41.6 Å². The van der Waals surface area contributed by atoms with Gasteiger partial charge < -0.3 is 4.42 Å². The van der Waals surface area contributed by atoms with Gasteiger partial charge in [-0.2, -0.15) is 5.01 Å². The van der Waals surface area contributed by atoms with Gasteiger partial charge in [-0.25, -0.2) is 0 Å². The Hall–Kier alpha value is -3.47. The molecule has 2 heterocycles. The predicted octanol–water partition coefficient (Wildman–Crippen LogP) is 5.36. The van der Waals surface area contributed by atoms with E-state index in [-0.39, 0.29) is 25.5 Å². The van der Waals surface area contributed by atoms with Gasteiger partial charge >= 0.3 is 0 Å². The fraction of sp³-hybridized carbons (Fsp3) is 0.0455. The zero-order chi connectivity index (χ0) is 23.7. The summed E-state index contributed by atoms with van der Waals surface area (Å²) in [6.45, 7) is 1.85. The molecule has 1 aromatic heterocycles. The number of halogens is 1. The van der Waals surface area contributed by atoms with Gasteiger partial charge in [0.25, 0.3) is 17.5 Å². The van der Waals surface area contributed by atoms with E-state index < -0.39 is 16.7 Å². The van der Waals surface area contributed by atoms with Crippen LogP contribution in [0.5, 0.6) is 0 Å². The summed E-state index contributed by atoms with van der Waals surface area (Å²) in [6.07, 6.45) is 1.49. The summed E-state index contributed by atoms with van der Waals surface area (Å²) in [5.74, 6) is -0.328. The summed E-state index contributed by atoms with van der Waals surface area (Å²) < 4.78 is 5.88. The number of hydrogen-bond acceptors (Lipinski definition) is 7. The quantitative estimate of drug-likeness (QED) is 0.218. The van der Waals surface area contributed by atoms with Gasteiger partial charge in [0.1, 0.15) is 11.5 Å². The summed E-state index contributed by atoms with van der Waals surface area (Å²) >= 11 is 12.4. The first-order valence-electron chi connectivity index (χ1n) is 9.42. The van der Waals surface area contributed by atoms with Crippen molar-refractivity contribution >= 4 is 63.5 Å². The number of nitrogens with zero attached hydrogens (tertiary/aromatic N) is 2. The number of hydrazine groups is 1. The molecule has 0 saturated carbocycles.